The summed E-state index contributed by atoms with van der Waals surface area (Å²) in [4.78, 5) is 11.6. The van der Waals surface area contributed by atoms with E-state index in [1.165, 1.54) is 18.5 Å². The number of halogens is 3. The van der Waals surface area contributed by atoms with Gasteiger partial charge in [0.05, 0.1) is 15.2 Å². The summed E-state index contributed by atoms with van der Waals surface area (Å²) in [5.41, 5.74) is 2.75. The van der Waals surface area contributed by atoms with Crippen LogP contribution in [0.4, 0.5) is 0 Å². The number of aromatic hydroxyl groups is 1. The van der Waals surface area contributed by atoms with Gasteiger partial charge in [0.15, 0.2) is 5.76 Å². The minimum absolute atomic E-state index is 0.0342. The van der Waals surface area contributed by atoms with Crippen LogP contribution in [-0.2, 0) is 0 Å². The first kappa shape index (κ1) is 15.3. The summed E-state index contributed by atoms with van der Waals surface area (Å²) in [7, 11) is 0. The topological polar surface area (TPSA) is 74.8 Å². The van der Waals surface area contributed by atoms with Gasteiger partial charge in [-0.15, -0.1) is 0 Å². The zero-order valence-corrected chi connectivity index (χ0v) is 14.5. The van der Waals surface area contributed by atoms with Crippen LogP contribution in [0, 0.1) is 0 Å². The molecule has 8 heteroatoms. The van der Waals surface area contributed by atoms with E-state index in [0.29, 0.717) is 14.5 Å². The second-order valence-corrected chi connectivity index (χ2v) is 6.34. The van der Waals surface area contributed by atoms with E-state index >= 15 is 0 Å². The quantitative estimate of drug-likeness (QED) is 0.529. The van der Waals surface area contributed by atoms with Gasteiger partial charge >= 0.3 is 5.91 Å². The number of phenolic OH excluding ortho intramolecular Hbond substituents is 1. The molecule has 0 spiro atoms. The molecule has 5 nitrogen and oxygen atoms in total. The molecule has 0 unspecified atom stereocenters. The fraction of sp³-hybridized carbons (Fsp3) is 0. The molecule has 0 radical (unpaired) electrons. The lowest BCUT2D eigenvalue weighted by molar-refractivity contribution is 0.0927. The van der Waals surface area contributed by atoms with Crippen molar-refractivity contribution in [3.8, 4) is 5.75 Å². The van der Waals surface area contributed by atoms with Crippen molar-refractivity contribution in [1.82, 2.24) is 5.43 Å². The summed E-state index contributed by atoms with van der Waals surface area (Å²) < 4.78 is 6.95. The molecule has 2 rings (SSSR count). The van der Waals surface area contributed by atoms with E-state index in [2.05, 4.69) is 58.3 Å². The number of furan rings is 1. The predicted molar refractivity (Wildman–Crippen MR) is 85.0 cm³/mol. The van der Waals surface area contributed by atoms with Gasteiger partial charge in [0.25, 0.3) is 0 Å². The van der Waals surface area contributed by atoms with Crippen LogP contribution in [0.1, 0.15) is 16.1 Å². The molecule has 0 saturated carbocycles. The summed E-state index contributed by atoms with van der Waals surface area (Å²) in [6, 6.07) is 4.89. The van der Waals surface area contributed by atoms with Gasteiger partial charge in [-0.25, -0.2) is 5.43 Å². The fourth-order valence-electron chi connectivity index (χ4n) is 1.33. The maximum atomic E-state index is 11.6. The number of carbonyl (C=O) groups excluding carboxylic acids is 1. The molecular weight excluding hydrogens is 460 g/mol. The number of amides is 1. The minimum Gasteiger partial charge on any atom is -0.506 e. The average molecular weight is 467 g/mol. The Bertz CT molecular complexity index is 683. The average Bonchev–Trinajstić information content (AvgIpc) is 2.81. The molecule has 1 aromatic carbocycles. The van der Waals surface area contributed by atoms with Crippen molar-refractivity contribution in [2.75, 3.05) is 0 Å². The Morgan fingerprint density at radius 3 is 2.65 bits per heavy atom. The van der Waals surface area contributed by atoms with Gasteiger partial charge in [0.2, 0.25) is 0 Å². The molecule has 0 aliphatic rings. The van der Waals surface area contributed by atoms with E-state index in [4.69, 9.17) is 4.42 Å². The molecule has 0 bridgehead atoms. The summed E-state index contributed by atoms with van der Waals surface area (Å²) in [5.74, 6) is -0.318. The van der Waals surface area contributed by atoms with E-state index in [1.54, 1.807) is 12.1 Å². The Hall–Kier alpha value is -1.12. The molecule has 104 valence electrons. The first-order chi connectivity index (χ1) is 9.47. The molecule has 0 atom stereocenters. The van der Waals surface area contributed by atoms with Gasteiger partial charge in [0, 0.05) is 16.1 Å². The summed E-state index contributed by atoms with van der Waals surface area (Å²) in [6.07, 6.45) is 2.73. The van der Waals surface area contributed by atoms with E-state index in [9.17, 15) is 9.90 Å². The minimum atomic E-state index is -0.486. The van der Waals surface area contributed by atoms with E-state index in [-0.39, 0.29) is 11.5 Å². The van der Waals surface area contributed by atoms with E-state index in [0.717, 1.165) is 4.47 Å². The Morgan fingerprint density at radius 1 is 1.25 bits per heavy atom. The molecule has 1 aromatic heterocycles. The number of nitrogens with one attached hydrogen (secondary N) is 1. The van der Waals surface area contributed by atoms with Crippen molar-refractivity contribution in [3.05, 3.63) is 49.2 Å². The highest BCUT2D eigenvalue weighted by Gasteiger charge is 2.09. The summed E-state index contributed by atoms with van der Waals surface area (Å²) >= 11 is 9.68. The number of carbonyl (C=O) groups is 1. The smallest absolute Gasteiger partial charge is 0.307 e. The number of benzene rings is 1. The Morgan fingerprint density at radius 2 is 2.00 bits per heavy atom. The number of nitrogens with zero attached hydrogens (tertiary/aromatic N) is 1. The van der Waals surface area contributed by atoms with E-state index < -0.39 is 5.91 Å². The van der Waals surface area contributed by atoms with Crippen molar-refractivity contribution in [3.63, 3.8) is 0 Å². The van der Waals surface area contributed by atoms with Crippen LogP contribution in [0.25, 0.3) is 0 Å². The maximum absolute atomic E-state index is 11.6. The molecule has 1 amide bonds. The van der Waals surface area contributed by atoms with Gasteiger partial charge in [-0.1, -0.05) is 15.9 Å². The highest BCUT2D eigenvalue weighted by molar-refractivity contribution is 9.11. The van der Waals surface area contributed by atoms with Crippen molar-refractivity contribution in [2.24, 2.45) is 5.10 Å². The molecule has 2 aromatic rings. The number of hydrogen-bond acceptors (Lipinski definition) is 4. The lowest BCUT2D eigenvalue weighted by Crippen LogP contribution is -2.16. The monoisotopic (exact) mass is 464 g/mol. The van der Waals surface area contributed by atoms with Gasteiger partial charge in [-0.2, -0.15) is 5.10 Å². The molecule has 20 heavy (non-hydrogen) atoms. The number of hydrogen-bond donors (Lipinski definition) is 2. The van der Waals surface area contributed by atoms with Crippen LogP contribution in [0.3, 0.4) is 0 Å². The second-order valence-electron chi connectivity index (χ2n) is 3.65. The van der Waals surface area contributed by atoms with Crippen LogP contribution in [0.5, 0.6) is 5.75 Å². The van der Waals surface area contributed by atoms with Crippen molar-refractivity contribution in [1.29, 1.82) is 0 Å². The number of phenols is 1. The van der Waals surface area contributed by atoms with Crippen molar-refractivity contribution >= 4 is 59.9 Å². The molecule has 2 N–H and O–H groups in total. The molecule has 0 aliphatic carbocycles. The summed E-state index contributed by atoms with van der Waals surface area (Å²) in [5, 5.41) is 13.6. The largest absolute Gasteiger partial charge is 0.506 e. The number of hydrazone groups is 1. The second kappa shape index (κ2) is 6.55. The molecule has 1 heterocycles. The van der Waals surface area contributed by atoms with Crippen LogP contribution < -0.4 is 5.43 Å². The van der Waals surface area contributed by atoms with Crippen LogP contribution in [0.2, 0.25) is 0 Å². The Balaban J connectivity index is 2.09. The van der Waals surface area contributed by atoms with Crippen LogP contribution in [-0.4, -0.2) is 17.2 Å². The first-order valence-electron chi connectivity index (χ1n) is 5.23. The zero-order valence-electron chi connectivity index (χ0n) is 9.73. The lowest BCUT2D eigenvalue weighted by atomic mass is 10.2. The molecule has 0 fully saturated rings. The fourth-order valence-corrected chi connectivity index (χ4v) is 2.89. The van der Waals surface area contributed by atoms with Gasteiger partial charge < -0.3 is 9.52 Å². The van der Waals surface area contributed by atoms with Crippen molar-refractivity contribution in [2.45, 2.75) is 0 Å². The highest BCUT2D eigenvalue weighted by Crippen LogP contribution is 2.30. The SMILES string of the molecule is O=C(N/N=C\c1cc(Br)cc(Br)c1O)c1cc(Br)co1. The molecule has 0 saturated heterocycles. The van der Waals surface area contributed by atoms with Crippen LogP contribution >= 0.6 is 47.8 Å². The van der Waals surface area contributed by atoms with Crippen molar-refractivity contribution < 1.29 is 14.3 Å². The Kier molecular flexibility index (Phi) is 5.00. The third-order valence-electron chi connectivity index (χ3n) is 2.22. The van der Waals surface area contributed by atoms with Gasteiger partial charge in [-0.05, 0) is 44.0 Å². The maximum Gasteiger partial charge on any atom is 0.307 e. The third kappa shape index (κ3) is 3.71. The molecular formula is C12H7Br3N2O3. The Labute approximate surface area is 139 Å². The third-order valence-corrected chi connectivity index (χ3v) is 3.70. The van der Waals surface area contributed by atoms with Gasteiger partial charge in [-0.3, -0.25) is 4.79 Å². The normalized spacial score (nSPS) is 10.9. The number of rotatable bonds is 3. The van der Waals surface area contributed by atoms with Gasteiger partial charge in [0.1, 0.15) is 12.0 Å². The molecule has 0 aliphatic heterocycles. The van der Waals surface area contributed by atoms with Crippen LogP contribution in [0.15, 0.2) is 47.4 Å². The van der Waals surface area contributed by atoms with E-state index in [1.807, 2.05) is 0 Å². The standard InChI is InChI=1S/C12H7Br3N2O3/c13-7-1-6(11(18)9(15)2-7)4-16-17-12(19)10-3-8(14)5-20-10/h1-5,18H,(H,17,19)/b16-4-. The first-order valence-corrected chi connectivity index (χ1v) is 7.60. The predicted octanol–water partition coefficient (Wildman–Crippen LogP) is 4.04. The highest BCUT2D eigenvalue weighted by atomic mass is 79.9. The zero-order chi connectivity index (χ0) is 14.7. The summed E-state index contributed by atoms with van der Waals surface area (Å²) in [6.45, 7) is 0. The lowest BCUT2D eigenvalue weighted by Gasteiger charge is -2.02.